The molecule has 1 fully saturated rings. The molecule has 0 aliphatic carbocycles. The van der Waals surface area contributed by atoms with Crippen molar-refractivity contribution in [2.45, 2.75) is 57.0 Å². The van der Waals surface area contributed by atoms with Crippen molar-refractivity contribution in [3.8, 4) is 0 Å². The summed E-state index contributed by atoms with van der Waals surface area (Å²) < 4.78 is 22.2. The maximum Gasteiger partial charge on any atom is 0.262 e. The lowest BCUT2D eigenvalue weighted by Gasteiger charge is -2.31. The summed E-state index contributed by atoms with van der Waals surface area (Å²) >= 11 is -1.17. The van der Waals surface area contributed by atoms with Gasteiger partial charge in [0.15, 0.2) is 11.2 Å². The molecule has 0 aromatic heterocycles. The smallest absolute Gasteiger partial charge is 0.262 e. The number of carbonyl (C=O) groups is 4. The van der Waals surface area contributed by atoms with E-state index in [0.717, 1.165) is 42.8 Å². The van der Waals surface area contributed by atoms with Crippen LogP contribution in [0.1, 0.15) is 64.8 Å². The van der Waals surface area contributed by atoms with Crippen LogP contribution in [-0.4, -0.2) is 101 Å². The molecule has 2 aliphatic heterocycles. The number of ether oxygens (including phenoxy) is 1. The van der Waals surface area contributed by atoms with Crippen LogP contribution in [0.25, 0.3) is 0 Å². The molecule has 2 aliphatic rings. The first kappa shape index (κ1) is 30.0. The van der Waals surface area contributed by atoms with Crippen LogP contribution >= 0.6 is 0 Å². The molecular formula is C26H39N5O6S. The molecule has 0 radical (unpaired) electrons. The van der Waals surface area contributed by atoms with E-state index in [0.29, 0.717) is 44.4 Å². The molecule has 1 aromatic rings. The summed E-state index contributed by atoms with van der Waals surface area (Å²) in [5, 5.41) is 2.47. The number of piperidine rings is 1. The Balaban J connectivity index is 1.43. The van der Waals surface area contributed by atoms with Gasteiger partial charge in [-0.25, -0.2) is 12.8 Å². The Bertz CT molecular complexity index is 1030. The Labute approximate surface area is 226 Å². The minimum Gasteiger partial charge on any atom is -0.381 e. The third-order valence-corrected chi connectivity index (χ3v) is 8.47. The number of imide groups is 1. The molecule has 38 heavy (non-hydrogen) atoms. The van der Waals surface area contributed by atoms with Gasteiger partial charge in [0.2, 0.25) is 5.91 Å². The Morgan fingerprint density at radius 2 is 1.95 bits per heavy atom. The van der Waals surface area contributed by atoms with Gasteiger partial charge in [0.05, 0.1) is 17.2 Å². The fourth-order valence-corrected chi connectivity index (χ4v) is 5.91. The highest BCUT2D eigenvalue weighted by atomic mass is 32.2. The number of amides is 3. The van der Waals surface area contributed by atoms with Gasteiger partial charge in [-0.2, -0.15) is 0 Å². The van der Waals surface area contributed by atoms with E-state index in [2.05, 4.69) is 5.32 Å². The maximum absolute atomic E-state index is 13.1. The molecule has 12 heteroatoms. The van der Waals surface area contributed by atoms with E-state index < -0.39 is 29.0 Å². The van der Waals surface area contributed by atoms with Gasteiger partial charge in [0, 0.05) is 59.4 Å². The van der Waals surface area contributed by atoms with Crippen LogP contribution < -0.4 is 11.1 Å². The van der Waals surface area contributed by atoms with E-state index in [4.69, 9.17) is 10.5 Å². The third kappa shape index (κ3) is 7.54. The van der Waals surface area contributed by atoms with Crippen LogP contribution in [0.2, 0.25) is 0 Å². The average Bonchev–Trinajstić information content (AvgIpc) is 3.18. The minimum atomic E-state index is -1.17. The summed E-state index contributed by atoms with van der Waals surface area (Å²) in [6, 6.07) is 4.34. The summed E-state index contributed by atoms with van der Waals surface area (Å²) in [5.41, 5.74) is 7.27. The van der Waals surface area contributed by atoms with Crippen molar-refractivity contribution in [2.24, 2.45) is 5.73 Å². The second-order valence-electron chi connectivity index (χ2n) is 9.65. The number of aldehydes is 1. The first-order valence-corrected chi connectivity index (χ1v) is 14.2. The maximum atomic E-state index is 13.1. The van der Waals surface area contributed by atoms with Crippen molar-refractivity contribution in [1.82, 2.24) is 18.8 Å². The minimum absolute atomic E-state index is 0.0379. The molecule has 2 unspecified atom stereocenters. The van der Waals surface area contributed by atoms with Crippen LogP contribution in [0.5, 0.6) is 0 Å². The predicted molar refractivity (Wildman–Crippen MR) is 143 cm³/mol. The molecule has 0 bridgehead atoms. The van der Waals surface area contributed by atoms with Crippen molar-refractivity contribution in [3.05, 3.63) is 34.9 Å². The molecule has 1 aromatic carbocycles. The van der Waals surface area contributed by atoms with E-state index in [1.165, 1.54) is 7.05 Å². The second-order valence-corrected chi connectivity index (χ2v) is 11.3. The van der Waals surface area contributed by atoms with E-state index >= 15 is 0 Å². The van der Waals surface area contributed by atoms with Crippen molar-refractivity contribution in [2.75, 3.05) is 46.9 Å². The lowest BCUT2D eigenvalue weighted by Crippen LogP contribution is -2.45. The number of carbonyl (C=O) groups excluding carboxylic acids is 4. The molecule has 0 spiro atoms. The zero-order valence-electron chi connectivity index (χ0n) is 22.2. The predicted octanol–water partition coefficient (Wildman–Crippen LogP) is 0.649. The average molecular weight is 550 g/mol. The Morgan fingerprint density at radius 1 is 1.24 bits per heavy atom. The molecule has 11 nitrogen and oxygen atoms in total. The fraction of sp³-hybridized carbons (Fsp3) is 0.615. The number of rotatable bonds is 15. The summed E-state index contributed by atoms with van der Waals surface area (Å²) in [5.74, 6) is -1.27. The van der Waals surface area contributed by atoms with E-state index in [-0.39, 0.29) is 30.4 Å². The lowest BCUT2D eigenvalue weighted by molar-refractivity contribution is -0.121. The number of aryl methyl sites for hydroxylation is 1. The molecule has 1 saturated heterocycles. The van der Waals surface area contributed by atoms with Crippen LogP contribution in [-0.2, 0) is 31.9 Å². The molecule has 3 rings (SSSR count). The topological polar surface area (TPSA) is 142 Å². The normalized spacial score (nSPS) is 18.1. The number of fused-ring (bicyclic) bond motifs is 1. The molecule has 210 valence electrons. The van der Waals surface area contributed by atoms with Crippen LogP contribution in [0.15, 0.2) is 18.2 Å². The van der Waals surface area contributed by atoms with Gasteiger partial charge in [-0.05, 0) is 50.2 Å². The second kappa shape index (κ2) is 14.6. The number of hydrogen-bond acceptors (Lipinski definition) is 7. The zero-order valence-corrected chi connectivity index (χ0v) is 23.0. The SMILES string of the molecule is CNC(=O)CCC(C=O)N1C(=O)c2cccc(CCCOCCCN(C)S(=O)N3CCC(N)CC3)c2C1=O. The van der Waals surface area contributed by atoms with Crippen molar-refractivity contribution in [3.63, 3.8) is 0 Å². The Morgan fingerprint density at radius 3 is 2.63 bits per heavy atom. The summed E-state index contributed by atoms with van der Waals surface area (Å²) in [7, 11) is 3.33. The quantitative estimate of drug-likeness (QED) is 0.186. The molecule has 0 saturated carbocycles. The Hall–Kier alpha value is -2.51. The largest absolute Gasteiger partial charge is 0.381 e. The first-order valence-electron chi connectivity index (χ1n) is 13.2. The van der Waals surface area contributed by atoms with E-state index in [9.17, 15) is 23.4 Å². The van der Waals surface area contributed by atoms with Gasteiger partial charge in [-0.3, -0.25) is 19.3 Å². The zero-order chi connectivity index (χ0) is 27.7. The number of nitrogens with two attached hydrogens (primary N) is 1. The van der Waals surface area contributed by atoms with Gasteiger partial charge < -0.3 is 20.6 Å². The molecule has 3 amide bonds. The van der Waals surface area contributed by atoms with Crippen molar-refractivity contribution < 1.29 is 28.1 Å². The van der Waals surface area contributed by atoms with Crippen LogP contribution in [0.3, 0.4) is 0 Å². The molecule has 3 N–H and O–H groups in total. The summed E-state index contributed by atoms with van der Waals surface area (Å²) in [4.78, 5) is 50.3. The highest BCUT2D eigenvalue weighted by Gasteiger charge is 2.41. The van der Waals surface area contributed by atoms with Crippen molar-refractivity contribution in [1.29, 1.82) is 0 Å². The van der Waals surface area contributed by atoms with Gasteiger partial charge in [-0.1, -0.05) is 12.1 Å². The summed E-state index contributed by atoms with van der Waals surface area (Å²) in [6.07, 6.45) is 4.32. The molecular weight excluding hydrogens is 510 g/mol. The highest BCUT2D eigenvalue weighted by Crippen LogP contribution is 2.29. The van der Waals surface area contributed by atoms with Crippen LogP contribution in [0, 0.1) is 0 Å². The van der Waals surface area contributed by atoms with Gasteiger partial charge in [0.25, 0.3) is 11.8 Å². The van der Waals surface area contributed by atoms with Gasteiger partial charge in [0.1, 0.15) is 6.29 Å². The number of benzene rings is 1. The number of nitrogens with zero attached hydrogens (tertiary/aromatic N) is 3. The monoisotopic (exact) mass is 549 g/mol. The first-order chi connectivity index (χ1) is 18.3. The standard InChI is InChI=1S/C26H39N5O6S/c1-28-23(33)10-9-21(18-32)31-25(34)22-8-3-6-19(24(22)26(31)35)7-4-16-37-17-5-13-29(2)38(36)30-14-11-20(27)12-15-30/h3,6,8,18,20-21H,4-5,7,9-17,27H2,1-2H3,(H,28,33). The third-order valence-electron chi connectivity index (χ3n) is 6.95. The molecule has 2 atom stereocenters. The van der Waals surface area contributed by atoms with E-state index in [1.54, 1.807) is 12.1 Å². The summed E-state index contributed by atoms with van der Waals surface area (Å²) in [6.45, 7) is 3.14. The molecule has 2 heterocycles. The number of nitrogens with one attached hydrogen (secondary N) is 1. The van der Waals surface area contributed by atoms with Crippen LogP contribution in [0.4, 0.5) is 0 Å². The fourth-order valence-electron chi connectivity index (χ4n) is 4.71. The highest BCUT2D eigenvalue weighted by molar-refractivity contribution is 7.80. The van der Waals surface area contributed by atoms with Gasteiger partial charge in [-0.15, -0.1) is 0 Å². The van der Waals surface area contributed by atoms with Gasteiger partial charge >= 0.3 is 0 Å². The lowest BCUT2D eigenvalue weighted by atomic mass is 9.99. The van der Waals surface area contributed by atoms with E-state index in [1.807, 2.05) is 21.7 Å². The number of hydrogen-bond donors (Lipinski definition) is 2. The van der Waals surface area contributed by atoms with Crippen molar-refractivity contribution >= 4 is 35.2 Å². The Kier molecular flexibility index (Phi) is 11.5.